The van der Waals surface area contributed by atoms with Crippen LogP contribution in [0.1, 0.15) is 6.92 Å². The van der Waals surface area contributed by atoms with Crippen LogP contribution in [0.2, 0.25) is 0 Å². The molecule has 0 aliphatic rings. The number of hydrogen-bond acceptors (Lipinski definition) is 3. The standard InChI is InChI=1S/C12H15FN2O4/c1-2-15(9-5-3-8(13)4-6-9)12(19)14-7-10(16)11(17)18/h3-6,10,16H,2,7H2,1H3,(H,14,19)(H,17,18). The number of amides is 2. The topological polar surface area (TPSA) is 89.9 Å². The van der Waals surface area contributed by atoms with Gasteiger partial charge in [0.2, 0.25) is 0 Å². The summed E-state index contributed by atoms with van der Waals surface area (Å²) in [6.07, 6.45) is -1.66. The Kier molecular flexibility index (Phi) is 5.25. The summed E-state index contributed by atoms with van der Waals surface area (Å²) in [5.41, 5.74) is 0.478. The minimum absolute atomic E-state index is 0.320. The van der Waals surface area contributed by atoms with Crippen LogP contribution in [0.4, 0.5) is 14.9 Å². The van der Waals surface area contributed by atoms with Crippen LogP contribution in [-0.2, 0) is 4.79 Å². The first-order valence-corrected chi connectivity index (χ1v) is 5.67. The second-order valence-corrected chi connectivity index (χ2v) is 3.76. The van der Waals surface area contributed by atoms with Crippen molar-refractivity contribution in [3.8, 4) is 0 Å². The molecule has 2 amide bonds. The smallest absolute Gasteiger partial charge is 0.334 e. The second-order valence-electron chi connectivity index (χ2n) is 3.76. The van der Waals surface area contributed by atoms with E-state index >= 15 is 0 Å². The largest absolute Gasteiger partial charge is 0.479 e. The van der Waals surface area contributed by atoms with E-state index in [4.69, 9.17) is 10.2 Å². The molecule has 0 saturated carbocycles. The van der Waals surface area contributed by atoms with Crippen LogP contribution in [0.15, 0.2) is 24.3 Å². The minimum Gasteiger partial charge on any atom is -0.479 e. The number of aliphatic carboxylic acids is 1. The summed E-state index contributed by atoms with van der Waals surface area (Å²) < 4.78 is 12.8. The summed E-state index contributed by atoms with van der Waals surface area (Å²) in [5.74, 6) is -1.83. The van der Waals surface area contributed by atoms with Gasteiger partial charge in [-0.2, -0.15) is 0 Å². The molecule has 6 nitrogen and oxygen atoms in total. The molecule has 0 radical (unpaired) electrons. The third kappa shape index (κ3) is 4.22. The predicted molar refractivity (Wildman–Crippen MR) is 66.5 cm³/mol. The molecule has 0 saturated heterocycles. The first kappa shape index (κ1) is 14.9. The summed E-state index contributed by atoms with van der Waals surface area (Å²) in [4.78, 5) is 23.5. The quantitative estimate of drug-likeness (QED) is 0.738. The number of hydrogen-bond donors (Lipinski definition) is 3. The number of nitrogens with zero attached hydrogens (tertiary/aromatic N) is 1. The highest BCUT2D eigenvalue weighted by atomic mass is 19.1. The molecule has 0 bridgehead atoms. The number of benzene rings is 1. The zero-order valence-corrected chi connectivity index (χ0v) is 10.3. The van der Waals surface area contributed by atoms with E-state index in [1.54, 1.807) is 6.92 Å². The molecule has 0 spiro atoms. The van der Waals surface area contributed by atoms with Gasteiger partial charge in [0.05, 0.1) is 6.54 Å². The Morgan fingerprint density at radius 1 is 1.37 bits per heavy atom. The third-order valence-electron chi connectivity index (χ3n) is 2.43. The fourth-order valence-corrected chi connectivity index (χ4v) is 1.43. The van der Waals surface area contributed by atoms with Crippen molar-refractivity contribution in [2.75, 3.05) is 18.0 Å². The molecule has 1 aromatic rings. The van der Waals surface area contributed by atoms with Gasteiger partial charge in [-0.1, -0.05) is 0 Å². The van der Waals surface area contributed by atoms with Crippen LogP contribution in [0.25, 0.3) is 0 Å². The van der Waals surface area contributed by atoms with E-state index in [1.165, 1.54) is 29.2 Å². The molecule has 0 aromatic heterocycles. The lowest BCUT2D eigenvalue weighted by atomic mass is 10.3. The molecule has 1 aromatic carbocycles. The Morgan fingerprint density at radius 3 is 2.42 bits per heavy atom. The van der Waals surface area contributed by atoms with Gasteiger partial charge in [0.25, 0.3) is 0 Å². The number of urea groups is 1. The predicted octanol–water partition coefficient (Wildman–Crippen LogP) is 0.807. The number of halogens is 1. The monoisotopic (exact) mass is 270 g/mol. The van der Waals surface area contributed by atoms with E-state index in [0.29, 0.717) is 12.2 Å². The molecular weight excluding hydrogens is 255 g/mol. The fraction of sp³-hybridized carbons (Fsp3) is 0.333. The van der Waals surface area contributed by atoms with E-state index < -0.39 is 30.5 Å². The van der Waals surface area contributed by atoms with Gasteiger partial charge in [0.15, 0.2) is 6.10 Å². The summed E-state index contributed by atoms with van der Waals surface area (Å²) in [7, 11) is 0. The Hall–Kier alpha value is -2.15. The Bertz CT molecular complexity index is 450. The van der Waals surface area contributed by atoms with E-state index in [1.807, 2.05) is 0 Å². The van der Waals surface area contributed by atoms with Crippen LogP contribution in [0.3, 0.4) is 0 Å². The molecule has 104 valence electrons. The number of carbonyl (C=O) groups is 2. The van der Waals surface area contributed by atoms with Crippen LogP contribution in [0, 0.1) is 5.82 Å². The van der Waals surface area contributed by atoms with E-state index in [-0.39, 0.29) is 0 Å². The zero-order chi connectivity index (χ0) is 14.4. The van der Waals surface area contributed by atoms with Gasteiger partial charge in [-0.25, -0.2) is 14.0 Å². The second kappa shape index (κ2) is 6.69. The number of nitrogens with one attached hydrogen (secondary N) is 1. The molecule has 7 heteroatoms. The number of aliphatic hydroxyl groups excluding tert-OH is 1. The lowest BCUT2D eigenvalue weighted by Gasteiger charge is -2.21. The third-order valence-corrected chi connectivity index (χ3v) is 2.43. The van der Waals surface area contributed by atoms with Gasteiger partial charge in [-0.05, 0) is 31.2 Å². The molecule has 0 fully saturated rings. The number of rotatable bonds is 5. The molecular formula is C12H15FN2O4. The van der Waals surface area contributed by atoms with E-state index in [0.717, 1.165) is 0 Å². The molecule has 0 aliphatic carbocycles. The van der Waals surface area contributed by atoms with E-state index in [9.17, 15) is 14.0 Å². The van der Waals surface area contributed by atoms with Crippen molar-refractivity contribution in [1.82, 2.24) is 5.32 Å². The summed E-state index contributed by atoms with van der Waals surface area (Å²) in [6, 6.07) is 4.75. The number of anilines is 1. The lowest BCUT2D eigenvalue weighted by Crippen LogP contribution is -2.44. The average Bonchev–Trinajstić information content (AvgIpc) is 2.38. The first-order valence-electron chi connectivity index (χ1n) is 5.67. The number of carboxylic acids is 1. The first-order chi connectivity index (χ1) is 8.95. The Morgan fingerprint density at radius 2 is 1.95 bits per heavy atom. The van der Waals surface area contributed by atoms with Crippen molar-refractivity contribution in [3.63, 3.8) is 0 Å². The Labute approximate surface area is 109 Å². The highest BCUT2D eigenvalue weighted by molar-refractivity contribution is 5.92. The zero-order valence-electron chi connectivity index (χ0n) is 10.3. The maximum absolute atomic E-state index is 12.8. The van der Waals surface area contributed by atoms with Crippen LogP contribution >= 0.6 is 0 Å². The van der Waals surface area contributed by atoms with Crippen molar-refractivity contribution in [2.45, 2.75) is 13.0 Å². The van der Waals surface area contributed by atoms with Gasteiger partial charge >= 0.3 is 12.0 Å². The molecule has 1 unspecified atom stereocenters. The van der Waals surface area contributed by atoms with Gasteiger partial charge in [-0.15, -0.1) is 0 Å². The highest BCUT2D eigenvalue weighted by Crippen LogP contribution is 2.14. The summed E-state index contributed by atoms with van der Waals surface area (Å²) in [6.45, 7) is 1.64. The minimum atomic E-state index is -1.66. The molecule has 1 atom stereocenters. The van der Waals surface area contributed by atoms with Gasteiger partial charge < -0.3 is 15.5 Å². The van der Waals surface area contributed by atoms with Crippen molar-refractivity contribution < 1.29 is 24.2 Å². The molecule has 0 heterocycles. The van der Waals surface area contributed by atoms with Crippen LogP contribution < -0.4 is 10.2 Å². The number of carboxylic acid groups (broad SMARTS) is 1. The van der Waals surface area contributed by atoms with Crippen molar-refractivity contribution in [2.24, 2.45) is 0 Å². The van der Waals surface area contributed by atoms with Gasteiger partial charge in [0.1, 0.15) is 5.82 Å². The highest BCUT2D eigenvalue weighted by Gasteiger charge is 2.18. The summed E-state index contributed by atoms with van der Waals surface area (Å²) in [5, 5.41) is 19.8. The maximum Gasteiger partial charge on any atom is 0.334 e. The lowest BCUT2D eigenvalue weighted by molar-refractivity contribution is -0.146. The summed E-state index contributed by atoms with van der Waals surface area (Å²) >= 11 is 0. The Balaban J connectivity index is 2.67. The molecule has 0 aliphatic heterocycles. The molecule has 19 heavy (non-hydrogen) atoms. The number of carbonyl (C=O) groups excluding carboxylic acids is 1. The van der Waals surface area contributed by atoms with Gasteiger partial charge in [0, 0.05) is 12.2 Å². The fourth-order valence-electron chi connectivity index (χ4n) is 1.43. The molecule has 3 N–H and O–H groups in total. The van der Waals surface area contributed by atoms with E-state index in [2.05, 4.69) is 5.32 Å². The SMILES string of the molecule is CCN(C(=O)NCC(O)C(=O)O)c1ccc(F)cc1. The van der Waals surface area contributed by atoms with Crippen molar-refractivity contribution >= 4 is 17.7 Å². The molecule has 1 rings (SSSR count). The van der Waals surface area contributed by atoms with Gasteiger partial charge in [-0.3, -0.25) is 4.90 Å². The maximum atomic E-state index is 12.8. The van der Waals surface area contributed by atoms with Crippen molar-refractivity contribution in [3.05, 3.63) is 30.1 Å². The van der Waals surface area contributed by atoms with Crippen molar-refractivity contribution in [1.29, 1.82) is 0 Å². The normalized spacial score (nSPS) is 11.7. The number of aliphatic hydroxyl groups is 1. The average molecular weight is 270 g/mol. The van der Waals surface area contributed by atoms with Crippen LogP contribution in [-0.4, -0.2) is 41.4 Å². The van der Waals surface area contributed by atoms with Crippen LogP contribution in [0.5, 0.6) is 0 Å².